The number of rotatable bonds is 9. The number of hydrogen-bond donors (Lipinski definition) is 1. The van der Waals surface area contributed by atoms with Gasteiger partial charge in [-0.1, -0.05) is 24.3 Å². The largest absolute Gasteiger partial charge is 0.493 e. The van der Waals surface area contributed by atoms with Crippen LogP contribution in [0.1, 0.15) is 28.7 Å². The second-order valence-corrected chi connectivity index (χ2v) is 8.42. The molecule has 0 radical (unpaired) electrons. The Labute approximate surface area is 208 Å². The van der Waals surface area contributed by atoms with Crippen molar-refractivity contribution < 1.29 is 19.0 Å². The quantitative estimate of drug-likeness (QED) is 0.312. The van der Waals surface area contributed by atoms with Crippen LogP contribution in [-0.4, -0.2) is 41.7 Å². The van der Waals surface area contributed by atoms with Gasteiger partial charge in [0, 0.05) is 29.2 Å². The molecule has 8 nitrogen and oxygen atoms in total. The van der Waals surface area contributed by atoms with Crippen LogP contribution >= 0.6 is 11.3 Å². The lowest BCUT2D eigenvalue weighted by molar-refractivity contribution is 0.0526. The van der Waals surface area contributed by atoms with Crippen LogP contribution in [0.25, 0.3) is 21.8 Å². The van der Waals surface area contributed by atoms with Crippen LogP contribution < -0.4 is 14.8 Å². The SMILES string of the molecule is CCOC(=O)c1cnc(C)nc1NCc1ccc(-c2nc(-c3ccc(OC)c(OC)c3)cs2)cc1. The maximum atomic E-state index is 12.2. The molecule has 0 atom stereocenters. The molecule has 0 aliphatic carbocycles. The number of anilines is 1. The van der Waals surface area contributed by atoms with Crippen LogP contribution in [0.4, 0.5) is 5.82 Å². The molecule has 0 saturated heterocycles. The van der Waals surface area contributed by atoms with Crippen molar-refractivity contribution in [2.75, 3.05) is 26.1 Å². The molecule has 2 aromatic heterocycles. The van der Waals surface area contributed by atoms with Crippen molar-refractivity contribution in [2.24, 2.45) is 0 Å². The van der Waals surface area contributed by atoms with Crippen molar-refractivity contribution in [1.82, 2.24) is 15.0 Å². The van der Waals surface area contributed by atoms with E-state index in [4.69, 9.17) is 19.2 Å². The number of esters is 1. The van der Waals surface area contributed by atoms with Gasteiger partial charge in [0.25, 0.3) is 0 Å². The Hall–Kier alpha value is -3.98. The van der Waals surface area contributed by atoms with Gasteiger partial charge >= 0.3 is 5.97 Å². The van der Waals surface area contributed by atoms with Crippen molar-refractivity contribution >= 4 is 23.1 Å². The van der Waals surface area contributed by atoms with Gasteiger partial charge in [0.1, 0.15) is 22.2 Å². The summed E-state index contributed by atoms with van der Waals surface area (Å²) >= 11 is 1.58. The molecule has 0 spiro atoms. The van der Waals surface area contributed by atoms with Gasteiger partial charge in [0.05, 0.1) is 26.5 Å². The number of carbonyl (C=O) groups excluding carboxylic acids is 1. The predicted octanol–water partition coefficient (Wildman–Crippen LogP) is 5.38. The molecular formula is C26H26N4O4S. The minimum atomic E-state index is -0.445. The van der Waals surface area contributed by atoms with Gasteiger partial charge in [0.15, 0.2) is 11.5 Å². The summed E-state index contributed by atoms with van der Waals surface area (Å²) in [4.78, 5) is 25.5. The van der Waals surface area contributed by atoms with Gasteiger partial charge in [-0.05, 0) is 37.6 Å². The Morgan fingerprint density at radius 2 is 1.74 bits per heavy atom. The maximum Gasteiger partial charge on any atom is 0.343 e. The molecule has 0 saturated carbocycles. The van der Waals surface area contributed by atoms with Gasteiger partial charge in [-0.15, -0.1) is 11.3 Å². The minimum absolute atomic E-state index is 0.290. The first-order chi connectivity index (χ1) is 17.0. The van der Waals surface area contributed by atoms with E-state index in [1.54, 1.807) is 39.4 Å². The van der Waals surface area contributed by atoms with Crippen LogP contribution in [0.3, 0.4) is 0 Å². The van der Waals surface area contributed by atoms with Crippen LogP contribution in [0.15, 0.2) is 54.0 Å². The first kappa shape index (κ1) is 24.2. The Bertz CT molecular complexity index is 1320. The van der Waals surface area contributed by atoms with Crippen LogP contribution in [0.2, 0.25) is 0 Å². The molecule has 1 N–H and O–H groups in total. The van der Waals surface area contributed by atoms with Gasteiger partial charge in [-0.25, -0.2) is 19.7 Å². The molecule has 0 amide bonds. The number of aryl methyl sites for hydroxylation is 1. The number of methoxy groups -OCH3 is 2. The predicted molar refractivity (Wildman–Crippen MR) is 136 cm³/mol. The van der Waals surface area contributed by atoms with E-state index in [-0.39, 0.29) is 6.61 Å². The number of carbonyl (C=O) groups is 1. The number of aromatic nitrogens is 3. The van der Waals surface area contributed by atoms with E-state index >= 15 is 0 Å². The molecule has 9 heteroatoms. The number of nitrogens with one attached hydrogen (secondary N) is 1. The molecule has 35 heavy (non-hydrogen) atoms. The lowest BCUT2D eigenvalue weighted by Gasteiger charge is -2.11. The summed E-state index contributed by atoms with van der Waals surface area (Å²) in [5.74, 6) is 1.94. The highest BCUT2D eigenvalue weighted by molar-refractivity contribution is 7.13. The summed E-state index contributed by atoms with van der Waals surface area (Å²) < 4.78 is 15.8. The third-order valence-electron chi connectivity index (χ3n) is 5.25. The molecule has 180 valence electrons. The van der Waals surface area contributed by atoms with Gasteiger partial charge in [-0.2, -0.15) is 0 Å². The number of ether oxygens (including phenoxy) is 3. The third kappa shape index (κ3) is 5.58. The Balaban J connectivity index is 1.47. The molecule has 2 heterocycles. The molecule has 4 rings (SSSR count). The maximum absolute atomic E-state index is 12.2. The fourth-order valence-corrected chi connectivity index (χ4v) is 4.28. The highest BCUT2D eigenvalue weighted by Gasteiger charge is 2.15. The highest BCUT2D eigenvalue weighted by atomic mass is 32.1. The van der Waals surface area contributed by atoms with Crippen molar-refractivity contribution in [3.8, 4) is 33.3 Å². The van der Waals surface area contributed by atoms with Crippen molar-refractivity contribution in [2.45, 2.75) is 20.4 Å². The molecule has 0 aliphatic rings. The fourth-order valence-electron chi connectivity index (χ4n) is 3.45. The van der Waals surface area contributed by atoms with E-state index in [1.807, 2.05) is 47.8 Å². The second-order valence-electron chi connectivity index (χ2n) is 7.56. The summed E-state index contributed by atoms with van der Waals surface area (Å²) in [7, 11) is 3.24. The number of benzene rings is 2. The zero-order chi connectivity index (χ0) is 24.8. The summed E-state index contributed by atoms with van der Waals surface area (Å²) in [6.07, 6.45) is 1.49. The van der Waals surface area contributed by atoms with Crippen molar-refractivity contribution in [3.05, 3.63) is 71.0 Å². The Morgan fingerprint density at radius 3 is 2.46 bits per heavy atom. The molecular weight excluding hydrogens is 464 g/mol. The van der Waals surface area contributed by atoms with E-state index in [9.17, 15) is 4.79 Å². The normalized spacial score (nSPS) is 10.6. The first-order valence-electron chi connectivity index (χ1n) is 11.0. The monoisotopic (exact) mass is 490 g/mol. The van der Waals surface area contributed by atoms with E-state index in [0.29, 0.717) is 35.2 Å². The smallest absolute Gasteiger partial charge is 0.343 e. The number of nitrogens with zero attached hydrogens (tertiary/aromatic N) is 3. The Morgan fingerprint density at radius 1 is 1.00 bits per heavy atom. The zero-order valence-corrected chi connectivity index (χ0v) is 20.8. The first-order valence-corrected chi connectivity index (χ1v) is 11.9. The Kier molecular flexibility index (Phi) is 7.57. The number of hydrogen-bond acceptors (Lipinski definition) is 9. The molecule has 2 aromatic carbocycles. The van der Waals surface area contributed by atoms with E-state index in [2.05, 4.69) is 15.3 Å². The molecule has 4 aromatic rings. The average molecular weight is 491 g/mol. The van der Waals surface area contributed by atoms with Gasteiger partial charge in [-0.3, -0.25) is 0 Å². The average Bonchev–Trinajstić information content (AvgIpc) is 3.38. The van der Waals surface area contributed by atoms with E-state index < -0.39 is 5.97 Å². The molecule has 0 unspecified atom stereocenters. The molecule has 0 fully saturated rings. The van der Waals surface area contributed by atoms with Crippen molar-refractivity contribution in [1.29, 1.82) is 0 Å². The summed E-state index contributed by atoms with van der Waals surface area (Å²) in [6, 6.07) is 13.9. The van der Waals surface area contributed by atoms with Crippen LogP contribution in [0, 0.1) is 6.92 Å². The number of thiazole rings is 1. The van der Waals surface area contributed by atoms with Gasteiger partial charge in [0.2, 0.25) is 0 Å². The van der Waals surface area contributed by atoms with E-state index in [1.165, 1.54) is 6.20 Å². The highest BCUT2D eigenvalue weighted by Crippen LogP contribution is 2.34. The zero-order valence-electron chi connectivity index (χ0n) is 20.0. The standard InChI is InChI=1S/C26H26N4O4S/c1-5-34-26(31)20-14-27-16(2)29-24(20)28-13-17-6-8-18(9-7-17)25-30-21(15-35-25)19-10-11-22(32-3)23(12-19)33-4/h6-12,14-15H,5,13H2,1-4H3,(H,27,28,29). The summed E-state index contributed by atoms with van der Waals surface area (Å²) in [6.45, 7) is 4.33. The van der Waals surface area contributed by atoms with Crippen LogP contribution in [0.5, 0.6) is 11.5 Å². The summed E-state index contributed by atoms with van der Waals surface area (Å²) in [5, 5.41) is 6.18. The van der Waals surface area contributed by atoms with Crippen LogP contribution in [-0.2, 0) is 11.3 Å². The fraction of sp³-hybridized carbons (Fsp3) is 0.231. The van der Waals surface area contributed by atoms with E-state index in [0.717, 1.165) is 27.4 Å². The van der Waals surface area contributed by atoms with Crippen molar-refractivity contribution in [3.63, 3.8) is 0 Å². The molecule has 0 bridgehead atoms. The topological polar surface area (TPSA) is 95.5 Å². The lowest BCUT2D eigenvalue weighted by Crippen LogP contribution is -2.13. The second kappa shape index (κ2) is 11.0. The molecule has 0 aliphatic heterocycles. The van der Waals surface area contributed by atoms with Gasteiger partial charge < -0.3 is 19.5 Å². The lowest BCUT2D eigenvalue weighted by atomic mass is 10.1. The summed E-state index contributed by atoms with van der Waals surface area (Å²) in [5.41, 5.74) is 4.22. The minimum Gasteiger partial charge on any atom is -0.493 e. The third-order valence-corrected chi connectivity index (χ3v) is 6.14.